The van der Waals surface area contributed by atoms with Crippen molar-refractivity contribution in [2.24, 2.45) is 0 Å². The van der Waals surface area contributed by atoms with Crippen molar-refractivity contribution in [2.45, 2.75) is 19.4 Å². The topological polar surface area (TPSA) is 24.9 Å². The summed E-state index contributed by atoms with van der Waals surface area (Å²) >= 11 is 0. The van der Waals surface area contributed by atoms with Gasteiger partial charge in [-0.3, -0.25) is 0 Å². The van der Waals surface area contributed by atoms with E-state index in [1.165, 1.54) is 18.3 Å². The Bertz CT molecular complexity index is 339. The number of halogens is 1. The summed E-state index contributed by atoms with van der Waals surface area (Å²) in [5.74, 6) is 2.29. The van der Waals surface area contributed by atoms with Crippen molar-refractivity contribution in [3.63, 3.8) is 0 Å². The van der Waals surface area contributed by atoms with Gasteiger partial charge in [-0.2, -0.15) is 0 Å². The Kier molecular flexibility index (Phi) is 2.52. The number of rotatable bonds is 2. The first kappa shape index (κ1) is 9.53. The van der Waals surface area contributed by atoms with Crippen LogP contribution in [0.2, 0.25) is 0 Å². The second-order valence-corrected chi connectivity index (χ2v) is 3.23. The lowest BCUT2D eigenvalue weighted by Crippen LogP contribution is -2.29. The molecule has 0 fully saturated rings. The summed E-state index contributed by atoms with van der Waals surface area (Å²) in [5, 5.41) is 2.81. The predicted octanol–water partition coefficient (Wildman–Crippen LogP) is 2.04. The lowest BCUT2D eigenvalue weighted by atomic mass is 10.1. The van der Waals surface area contributed by atoms with Crippen LogP contribution in [0.25, 0.3) is 0 Å². The number of anilines is 1. The molecule has 1 N–H and O–H groups in total. The van der Waals surface area contributed by atoms with E-state index in [1.54, 1.807) is 13.8 Å². The molecule has 0 unspecified atom stereocenters. The smallest absolute Gasteiger partial charge is 0.165 e. The van der Waals surface area contributed by atoms with E-state index >= 15 is 0 Å². The fourth-order valence-electron chi connectivity index (χ4n) is 0.810. The van der Waals surface area contributed by atoms with Crippen molar-refractivity contribution in [2.75, 3.05) is 5.32 Å². The maximum Gasteiger partial charge on any atom is 0.165 e. The molecule has 0 aliphatic carbocycles. The molecule has 0 atom stereocenters. The lowest BCUT2D eigenvalue weighted by Gasteiger charge is -2.20. The zero-order valence-electron chi connectivity index (χ0n) is 7.63. The average molecular weight is 178 g/mol. The maximum absolute atomic E-state index is 13.1. The molecule has 0 aliphatic rings. The predicted molar refractivity (Wildman–Crippen MR) is 50.7 cm³/mol. The summed E-state index contributed by atoms with van der Waals surface area (Å²) in [6, 6.07) is 2.87. The first-order valence-corrected chi connectivity index (χ1v) is 3.91. The molecule has 1 aromatic heterocycles. The highest BCUT2D eigenvalue weighted by atomic mass is 19.1. The fourth-order valence-corrected chi connectivity index (χ4v) is 0.810. The van der Waals surface area contributed by atoms with Gasteiger partial charge in [0.25, 0.3) is 0 Å². The van der Waals surface area contributed by atoms with E-state index in [4.69, 9.17) is 6.42 Å². The molecule has 1 heterocycles. The van der Waals surface area contributed by atoms with Gasteiger partial charge >= 0.3 is 0 Å². The van der Waals surface area contributed by atoms with E-state index in [2.05, 4.69) is 16.2 Å². The van der Waals surface area contributed by atoms with Crippen molar-refractivity contribution in [1.82, 2.24) is 4.98 Å². The summed E-state index contributed by atoms with van der Waals surface area (Å²) < 4.78 is 13.1. The molecule has 0 saturated heterocycles. The lowest BCUT2D eigenvalue weighted by molar-refractivity contribution is 0.614. The van der Waals surface area contributed by atoms with Crippen molar-refractivity contribution >= 4 is 5.82 Å². The van der Waals surface area contributed by atoms with Gasteiger partial charge in [0.2, 0.25) is 0 Å². The van der Waals surface area contributed by atoms with Crippen LogP contribution < -0.4 is 5.32 Å². The second kappa shape index (κ2) is 3.44. The van der Waals surface area contributed by atoms with Crippen molar-refractivity contribution in [3.05, 3.63) is 24.1 Å². The van der Waals surface area contributed by atoms with Gasteiger partial charge in [-0.1, -0.05) is 5.92 Å². The molecule has 0 radical (unpaired) electrons. The Morgan fingerprint density at radius 3 is 2.85 bits per heavy atom. The first-order valence-electron chi connectivity index (χ1n) is 3.91. The van der Waals surface area contributed by atoms with Crippen molar-refractivity contribution in [1.29, 1.82) is 0 Å². The zero-order chi connectivity index (χ0) is 9.90. The standard InChI is InChI=1S/C10H11FN2/c1-4-10(2,3)13-9-8(11)6-5-7-12-9/h1,5-7H,2-3H3,(H,12,13). The Hall–Kier alpha value is -1.56. The summed E-state index contributed by atoms with van der Waals surface area (Å²) in [6.45, 7) is 3.56. The monoisotopic (exact) mass is 178 g/mol. The van der Waals surface area contributed by atoms with Crippen LogP contribution in [0.1, 0.15) is 13.8 Å². The van der Waals surface area contributed by atoms with Gasteiger partial charge in [0.1, 0.15) is 0 Å². The molecule has 0 aromatic carbocycles. The Balaban J connectivity index is 2.88. The molecule has 3 heteroatoms. The average Bonchev–Trinajstić information content (AvgIpc) is 2.09. The third-order valence-electron chi connectivity index (χ3n) is 1.55. The molecule has 13 heavy (non-hydrogen) atoms. The summed E-state index contributed by atoms with van der Waals surface area (Å²) in [4.78, 5) is 3.83. The molecule has 1 rings (SSSR count). The van der Waals surface area contributed by atoms with Crippen molar-refractivity contribution in [3.8, 4) is 12.3 Å². The molecule has 68 valence electrons. The van der Waals surface area contributed by atoms with Crippen LogP contribution in [0.15, 0.2) is 18.3 Å². The number of aromatic nitrogens is 1. The van der Waals surface area contributed by atoms with Gasteiger partial charge in [-0.25, -0.2) is 9.37 Å². The molecule has 0 spiro atoms. The Morgan fingerprint density at radius 1 is 1.62 bits per heavy atom. The van der Waals surface area contributed by atoms with Gasteiger partial charge in [-0.05, 0) is 26.0 Å². The summed E-state index contributed by atoms with van der Waals surface area (Å²) in [6.07, 6.45) is 6.75. The van der Waals surface area contributed by atoms with E-state index in [0.717, 1.165) is 0 Å². The number of pyridine rings is 1. The van der Waals surface area contributed by atoms with Crippen LogP contribution in [0.5, 0.6) is 0 Å². The van der Waals surface area contributed by atoms with Crippen LogP contribution in [0.3, 0.4) is 0 Å². The minimum atomic E-state index is -0.588. The summed E-state index contributed by atoms with van der Waals surface area (Å²) in [5.41, 5.74) is -0.588. The minimum Gasteiger partial charge on any atom is -0.352 e. The van der Waals surface area contributed by atoms with E-state index in [-0.39, 0.29) is 5.82 Å². The quantitative estimate of drug-likeness (QED) is 0.701. The van der Waals surface area contributed by atoms with E-state index in [1.807, 2.05) is 0 Å². The highest BCUT2D eigenvalue weighted by Crippen LogP contribution is 2.14. The number of nitrogens with zero attached hydrogens (tertiary/aromatic N) is 1. The first-order chi connectivity index (χ1) is 6.05. The van der Waals surface area contributed by atoms with Gasteiger partial charge in [0.05, 0.1) is 5.54 Å². The molecule has 1 aromatic rings. The normalized spacial score (nSPS) is 10.6. The zero-order valence-corrected chi connectivity index (χ0v) is 7.63. The third-order valence-corrected chi connectivity index (χ3v) is 1.55. The summed E-state index contributed by atoms with van der Waals surface area (Å²) in [7, 11) is 0. The van der Waals surface area contributed by atoms with Gasteiger partial charge < -0.3 is 5.32 Å². The molecule has 0 aliphatic heterocycles. The Morgan fingerprint density at radius 2 is 2.31 bits per heavy atom. The van der Waals surface area contributed by atoms with Crippen LogP contribution in [-0.2, 0) is 0 Å². The van der Waals surface area contributed by atoms with Gasteiger partial charge in [0.15, 0.2) is 11.6 Å². The third kappa shape index (κ3) is 2.45. The van der Waals surface area contributed by atoms with E-state index in [0.29, 0.717) is 0 Å². The van der Waals surface area contributed by atoms with Crippen LogP contribution >= 0.6 is 0 Å². The number of terminal acetylenes is 1. The Labute approximate surface area is 77.2 Å². The van der Waals surface area contributed by atoms with Gasteiger partial charge in [0, 0.05) is 6.20 Å². The fraction of sp³-hybridized carbons (Fsp3) is 0.300. The van der Waals surface area contributed by atoms with Crippen LogP contribution in [0.4, 0.5) is 10.2 Å². The second-order valence-electron chi connectivity index (χ2n) is 3.23. The molecule has 2 nitrogen and oxygen atoms in total. The van der Waals surface area contributed by atoms with Crippen molar-refractivity contribution < 1.29 is 4.39 Å². The number of hydrogen-bond acceptors (Lipinski definition) is 2. The molecular weight excluding hydrogens is 167 g/mol. The highest BCUT2D eigenvalue weighted by Gasteiger charge is 2.15. The molecule has 0 amide bonds. The number of hydrogen-bond donors (Lipinski definition) is 1. The maximum atomic E-state index is 13.1. The molecule has 0 bridgehead atoms. The minimum absolute atomic E-state index is 0.186. The van der Waals surface area contributed by atoms with E-state index in [9.17, 15) is 4.39 Å². The SMILES string of the molecule is C#CC(C)(C)Nc1ncccc1F. The molecule has 0 saturated carbocycles. The largest absolute Gasteiger partial charge is 0.352 e. The highest BCUT2D eigenvalue weighted by molar-refractivity contribution is 5.41. The van der Waals surface area contributed by atoms with Gasteiger partial charge in [-0.15, -0.1) is 6.42 Å². The number of nitrogens with one attached hydrogen (secondary N) is 1. The van der Waals surface area contributed by atoms with E-state index < -0.39 is 11.4 Å². The van der Waals surface area contributed by atoms with Crippen LogP contribution in [-0.4, -0.2) is 10.5 Å². The molecular formula is C10H11FN2. The van der Waals surface area contributed by atoms with Crippen LogP contribution in [0, 0.1) is 18.2 Å².